The third kappa shape index (κ3) is 4.42. The number of nitrogens with zero attached hydrogens (tertiary/aromatic N) is 1. The standard InChI is InChI=1S/C20H24N2O4S/c1-2-13-21-20(23)15-26-17-9-11-18(12-10-17)27(24,25)22-14-5-7-16-6-3-4-8-19(16)22/h3-4,6,8-12H,2,5,7,13-15H2,1H3,(H,21,23). The Morgan fingerprint density at radius 1 is 1.15 bits per heavy atom. The van der Waals surface area contributed by atoms with Gasteiger partial charge in [0.05, 0.1) is 10.6 Å². The molecule has 0 saturated carbocycles. The summed E-state index contributed by atoms with van der Waals surface area (Å²) in [7, 11) is -3.64. The lowest BCUT2D eigenvalue weighted by atomic mass is 10.0. The monoisotopic (exact) mass is 388 g/mol. The summed E-state index contributed by atoms with van der Waals surface area (Å²) in [6.07, 6.45) is 2.54. The van der Waals surface area contributed by atoms with Crippen molar-refractivity contribution in [2.75, 3.05) is 24.0 Å². The lowest BCUT2D eigenvalue weighted by Crippen LogP contribution is -2.35. The highest BCUT2D eigenvalue weighted by Gasteiger charge is 2.28. The number of ether oxygens (including phenoxy) is 1. The van der Waals surface area contributed by atoms with Crippen molar-refractivity contribution in [3.8, 4) is 5.75 Å². The number of para-hydroxylation sites is 1. The summed E-state index contributed by atoms with van der Waals surface area (Å²) in [5.41, 5.74) is 1.79. The molecule has 0 aromatic heterocycles. The van der Waals surface area contributed by atoms with Crippen LogP contribution in [0.3, 0.4) is 0 Å². The molecule has 1 amide bonds. The highest BCUT2D eigenvalue weighted by Crippen LogP contribution is 2.32. The van der Waals surface area contributed by atoms with Crippen molar-refractivity contribution in [1.82, 2.24) is 5.32 Å². The van der Waals surface area contributed by atoms with Crippen molar-refractivity contribution < 1.29 is 17.9 Å². The molecule has 3 rings (SSSR count). The Hall–Kier alpha value is -2.54. The molecule has 1 heterocycles. The molecule has 7 heteroatoms. The van der Waals surface area contributed by atoms with Gasteiger partial charge in [0, 0.05) is 13.1 Å². The number of nitrogens with one attached hydrogen (secondary N) is 1. The topological polar surface area (TPSA) is 75.7 Å². The molecule has 1 aliphatic heterocycles. The number of hydrogen-bond donors (Lipinski definition) is 1. The van der Waals surface area contributed by atoms with Crippen molar-refractivity contribution >= 4 is 21.6 Å². The molecule has 0 spiro atoms. The normalized spacial score (nSPS) is 13.7. The number of benzene rings is 2. The van der Waals surface area contributed by atoms with Gasteiger partial charge in [0.1, 0.15) is 5.75 Å². The van der Waals surface area contributed by atoms with Crippen molar-refractivity contribution in [1.29, 1.82) is 0 Å². The Kier molecular flexibility index (Phi) is 6.01. The van der Waals surface area contributed by atoms with Crippen LogP contribution in [0.15, 0.2) is 53.4 Å². The summed E-state index contributed by atoms with van der Waals surface area (Å²) in [5.74, 6) is 0.262. The van der Waals surface area contributed by atoms with E-state index in [1.165, 1.54) is 16.4 Å². The van der Waals surface area contributed by atoms with Crippen LogP contribution in [0.2, 0.25) is 0 Å². The molecule has 0 unspecified atom stereocenters. The third-order valence-corrected chi connectivity index (χ3v) is 6.25. The van der Waals surface area contributed by atoms with E-state index in [9.17, 15) is 13.2 Å². The van der Waals surface area contributed by atoms with Crippen molar-refractivity contribution in [3.05, 3.63) is 54.1 Å². The highest BCUT2D eigenvalue weighted by atomic mass is 32.2. The lowest BCUT2D eigenvalue weighted by Gasteiger charge is -2.30. The predicted molar refractivity (Wildman–Crippen MR) is 105 cm³/mol. The fourth-order valence-corrected chi connectivity index (χ4v) is 4.59. The smallest absolute Gasteiger partial charge is 0.264 e. The van der Waals surface area contributed by atoms with E-state index in [4.69, 9.17) is 4.74 Å². The summed E-state index contributed by atoms with van der Waals surface area (Å²) >= 11 is 0. The summed E-state index contributed by atoms with van der Waals surface area (Å²) < 4.78 is 33.0. The van der Waals surface area contributed by atoms with Gasteiger partial charge in [-0.15, -0.1) is 0 Å². The number of anilines is 1. The molecule has 27 heavy (non-hydrogen) atoms. The van der Waals surface area contributed by atoms with Gasteiger partial charge in [-0.3, -0.25) is 9.10 Å². The van der Waals surface area contributed by atoms with Gasteiger partial charge in [-0.2, -0.15) is 0 Å². The van der Waals surface area contributed by atoms with Gasteiger partial charge in [0.2, 0.25) is 0 Å². The van der Waals surface area contributed by atoms with Crippen LogP contribution < -0.4 is 14.4 Å². The molecule has 0 aliphatic carbocycles. The van der Waals surface area contributed by atoms with E-state index in [0.29, 0.717) is 18.8 Å². The van der Waals surface area contributed by atoms with E-state index >= 15 is 0 Å². The van der Waals surface area contributed by atoms with Crippen LogP contribution in [0.25, 0.3) is 0 Å². The number of carbonyl (C=O) groups is 1. The fraction of sp³-hybridized carbons (Fsp3) is 0.350. The molecule has 1 N–H and O–H groups in total. The zero-order chi connectivity index (χ0) is 19.3. The molecule has 0 saturated heterocycles. The van der Waals surface area contributed by atoms with Crippen LogP contribution in [0.4, 0.5) is 5.69 Å². The average Bonchev–Trinajstić information content (AvgIpc) is 2.70. The summed E-state index contributed by atoms with van der Waals surface area (Å²) in [4.78, 5) is 11.8. The van der Waals surface area contributed by atoms with Crippen molar-refractivity contribution in [2.24, 2.45) is 0 Å². The third-order valence-electron chi connectivity index (χ3n) is 4.42. The van der Waals surface area contributed by atoms with Gasteiger partial charge in [-0.1, -0.05) is 25.1 Å². The zero-order valence-electron chi connectivity index (χ0n) is 15.3. The molecule has 1 aliphatic rings. The highest BCUT2D eigenvalue weighted by molar-refractivity contribution is 7.92. The van der Waals surface area contributed by atoms with Crippen molar-refractivity contribution in [2.45, 2.75) is 31.1 Å². The largest absolute Gasteiger partial charge is 0.484 e. The molecule has 2 aromatic rings. The van der Waals surface area contributed by atoms with Gasteiger partial charge in [-0.25, -0.2) is 8.42 Å². The Labute approximate surface area is 160 Å². The van der Waals surface area contributed by atoms with E-state index in [1.807, 2.05) is 31.2 Å². The van der Waals surface area contributed by atoms with E-state index in [-0.39, 0.29) is 17.4 Å². The minimum Gasteiger partial charge on any atom is -0.484 e. The molecular weight excluding hydrogens is 364 g/mol. The molecule has 144 valence electrons. The molecule has 6 nitrogen and oxygen atoms in total. The molecule has 0 bridgehead atoms. The SMILES string of the molecule is CCCNC(=O)COc1ccc(S(=O)(=O)N2CCCc3ccccc32)cc1. The van der Waals surface area contributed by atoms with Crippen LogP contribution >= 0.6 is 0 Å². The van der Waals surface area contributed by atoms with Gasteiger partial charge >= 0.3 is 0 Å². The number of sulfonamides is 1. The van der Waals surface area contributed by atoms with Gasteiger partial charge < -0.3 is 10.1 Å². The van der Waals surface area contributed by atoms with E-state index < -0.39 is 10.0 Å². The Morgan fingerprint density at radius 3 is 2.63 bits per heavy atom. The quantitative estimate of drug-likeness (QED) is 0.791. The zero-order valence-corrected chi connectivity index (χ0v) is 16.2. The van der Waals surface area contributed by atoms with Crippen LogP contribution in [-0.4, -0.2) is 34.0 Å². The second kappa shape index (κ2) is 8.43. The van der Waals surface area contributed by atoms with Gasteiger partial charge in [0.15, 0.2) is 6.61 Å². The molecule has 0 atom stereocenters. The fourth-order valence-electron chi connectivity index (χ4n) is 3.05. The van der Waals surface area contributed by atoms with E-state index in [2.05, 4.69) is 5.32 Å². The number of hydrogen-bond acceptors (Lipinski definition) is 4. The van der Waals surface area contributed by atoms with Gasteiger partial charge in [-0.05, 0) is 55.2 Å². The first kappa shape index (κ1) is 19.2. The second-order valence-electron chi connectivity index (χ2n) is 6.42. The second-order valence-corrected chi connectivity index (χ2v) is 8.28. The van der Waals surface area contributed by atoms with Crippen LogP contribution in [0.5, 0.6) is 5.75 Å². The Morgan fingerprint density at radius 2 is 1.89 bits per heavy atom. The number of amides is 1. The molecular formula is C20H24N2O4S. The summed E-state index contributed by atoms with van der Waals surface area (Å²) in [5, 5.41) is 2.72. The molecule has 0 fully saturated rings. The number of rotatable bonds is 7. The number of fused-ring (bicyclic) bond motifs is 1. The first-order valence-corrected chi connectivity index (χ1v) is 10.6. The van der Waals surface area contributed by atoms with Crippen LogP contribution in [0.1, 0.15) is 25.3 Å². The first-order chi connectivity index (χ1) is 13.0. The number of aryl methyl sites for hydroxylation is 1. The first-order valence-electron chi connectivity index (χ1n) is 9.12. The Balaban J connectivity index is 1.72. The minimum atomic E-state index is -3.64. The summed E-state index contributed by atoms with van der Waals surface area (Å²) in [6.45, 7) is 2.96. The Bertz CT molecular complexity index is 894. The maximum absolute atomic E-state index is 13.1. The van der Waals surface area contributed by atoms with E-state index in [0.717, 1.165) is 30.5 Å². The van der Waals surface area contributed by atoms with E-state index in [1.54, 1.807) is 12.1 Å². The summed E-state index contributed by atoms with van der Waals surface area (Å²) in [6, 6.07) is 13.8. The predicted octanol–water partition coefficient (Wildman–Crippen LogP) is 2.73. The molecule has 0 radical (unpaired) electrons. The van der Waals surface area contributed by atoms with Crippen LogP contribution in [0, 0.1) is 0 Å². The maximum Gasteiger partial charge on any atom is 0.264 e. The lowest BCUT2D eigenvalue weighted by molar-refractivity contribution is -0.123. The van der Waals surface area contributed by atoms with Gasteiger partial charge in [0.25, 0.3) is 15.9 Å². The van der Waals surface area contributed by atoms with Crippen LogP contribution in [-0.2, 0) is 21.2 Å². The number of carbonyl (C=O) groups excluding carboxylic acids is 1. The minimum absolute atomic E-state index is 0.0917. The molecule has 2 aromatic carbocycles. The van der Waals surface area contributed by atoms with Crippen molar-refractivity contribution in [3.63, 3.8) is 0 Å². The maximum atomic E-state index is 13.1. The average molecular weight is 388 g/mol.